The summed E-state index contributed by atoms with van der Waals surface area (Å²) in [5.74, 6) is 0. The molecule has 0 aromatic rings. The van der Waals surface area contributed by atoms with E-state index in [9.17, 15) is 0 Å². The Labute approximate surface area is 88.5 Å². The molecule has 3 nitrogen and oxygen atoms in total. The molecule has 1 saturated heterocycles. The van der Waals surface area contributed by atoms with Gasteiger partial charge in [0.15, 0.2) is 0 Å². The van der Waals surface area contributed by atoms with Gasteiger partial charge in [0.1, 0.15) is 0 Å². The van der Waals surface area contributed by atoms with Crippen LogP contribution >= 0.6 is 0 Å². The lowest BCUT2D eigenvalue weighted by Gasteiger charge is -2.36. The monoisotopic (exact) mass is 199 g/mol. The van der Waals surface area contributed by atoms with Crippen LogP contribution in [0.15, 0.2) is 0 Å². The minimum atomic E-state index is 0.709. The smallest absolute Gasteiger partial charge is 0.0481 e. The molecule has 14 heavy (non-hydrogen) atoms. The first-order chi connectivity index (χ1) is 6.74. The molecule has 1 fully saturated rings. The van der Waals surface area contributed by atoms with Gasteiger partial charge >= 0.3 is 0 Å². The number of rotatable bonds is 5. The summed E-state index contributed by atoms with van der Waals surface area (Å²) in [6, 6.07) is 0.709. The van der Waals surface area contributed by atoms with Gasteiger partial charge in [-0.3, -0.25) is 9.80 Å². The molecule has 0 atom stereocenters. The third kappa shape index (κ3) is 3.95. The van der Waals surface area contributed by atoms with Gasteiger partial charge in [0.25, 0.3) is 0 Å². The first-order valence-corrected chi connectivity index (χ1v) is 5.91. The zero-order valence-corrected chi connectivity index (χ0v) is 9.92. The SMILES string of the molecule is CCCNCN1CCN(C(C)C)CC1. The molecule has 1 aliphatic rings. The summed E-state index contributed by atoms with van der Waals surface area (Å²) in [5, 5.41) is 3.46. The minimum Gasteiger partial charge on any atom is -0.304 e. The molecule has 0 aliphatic carbocycles. The average Bonchev–Trinajstić information content (AvgIpc) is 2.19. The lowest BCUT2D eigenvalue weighted by atomic mass is 10.2. The molecule has 1 rings (SSSR count). The third-order valence-electron chi connectivity index (χ3n) is 2.90. The molecule has 1 N–H and O–H groups in total. The van der Waals surface area contributed by atoms with E-state index < -0.39 is 0 Å². The van der Waals surface area contributed by atoms with Crippen LogP contribution in [0.5, 0.6) is 0 Å². The van der Waals surface area contributed by atoms with Crippen LogP contribution in [0.25, 0.3) is 0 Å². The number of hydrogen-bond acceptors (Lipinski definition) is 3. The number of nitrogens with zero attached hydrogens (tertiary/aromatic N) is 2. The Morgan fingerprint density at radius 2 is 1.79 bits per heavy atom. The molecule has 3 heteroatoms. The van der Waals surface area contributed by atoms with Gasteiger partial charge in [-0.2, -0.15) is 0 Å². The molecular formula is C11H25N3. The lowest BCUT2D eigenvalue weighted by Crippen LogP contribution is -2.51. The fourth-order valence-electron chi connectivity index (χ4n) is 1.85. The van der Waals surface area contributed by atoms with Crippen LogP contribution in [0.2, 0.25) is 0 Å². The maximum atomic E-state index is 3.46. The van der Waals surface area contributed by atoms with E-state index >= 15 is 0 Å². The van der Waals surface area contributed by atoms with Crippen molar-refractivity contribution in [3.8, 4) is 0 Å². The van der Waals surface area contributed by atoms with E-state index in [4.69, 9.17) is 0 Å². The zero-order valence-electron chi connectivity index (χ0n) is 9.92. The Hall–Kier alpha value is -0.120. The van der Waals surface area contributed by atoms with Crippen molar-refractivity contribution in [2.24, 2.45) is 0 Å². The van der Waals surface area contributed by atoms with Crippen molar-refractivity contribution in [1.29, 1.82) is 0 Å². The minimum absolute atomic E-state index is 0.709. The summed E-state index contributed by atoms with van der Waals surface area (Å²) in [7, 11) is 0. The van der Waals surface area contributed by atoms with Crippen LogP contribution in [-0.4, -0.2) is 55.2 Å². The predicted molar refractivity (Wildman–Crippen MR) is 61.4 cm³/mol. The van der Waals surface area contributed by atoms with Crippen LogP contribution in [0.3, 0.4) is 0 Å². The second-order valence-corrected chi connectivity index (χ2v) is 4.41. The molecule has 0 saturated carbocycles. The summed E-state index contributed by atoms with van der Waals surface area (Å²) in [5.41, 5.74) is 0. The van der Waals surface area contributed by atoms with Crippen molar-refractivity contribution < 1.29 is 0 Å². The molecule has 0 unspecified atom stereocenters. The quantitative estimate of drug-likeness (QED) is 0.666. The van der Waals surface area contributed by atoms with Crippen molar-refractivity contribution >= 4 is 0 Å². The molecule has 0 aromatic carbocycles. The average molecular weight is 199 g/mol. The van der Waals surface area contributed by atoms with Crippen molar-refractivity contribution in [2.75, 3.05) is 39.4 Å². The van der Waals surface area contributed by atoms with Gasteiger partial charge < -0.3 is 5.32 Å². The Morgan fingerprint density at radius 1 is 1.14 bits per heavy atom. The maximum Gasteiger partial charge on any atom is 0.0481 e. The van der Waals surface area contributed by atoms with Gasteiger partial charge in [0, 0.05) is 38.9 Å². The normalized spacial score (nSPS) is 20.6. The highest BCUT2D eigenvalue weighted by atomic mass is 15.3. The molecule has 0 bridgehead atoms. The molecule has 84 valence electrons. The number of hydrogen-bond donors (Lipinski definition) is 1. The Morgan fingerprint density at radius 3 is 2.29 bits per heavy atom. The van der Waals surface area contributed by atoms with Gasteiger partial charge in [0.05, 0.1) is 0 Å². The summed E-state index contributed by atoms with van der Waals surface area (Å²) in [4.78, 5) is 5.06. The van der Waals surface area contributed by atoms with E-state index in [1.807, 2.05) is 0 Å². The Bertz CT molecular complexity index is 139. The highest BCUT2D eigenvalue weighted by Gasteiger charge is 2.17. The highest BCUT2D eigenvalue weighted by molar-refractivity contribution is 4.73. The van der Waals surface area contributed by atoms with Gasteiger partial charge in [-0.15, -0.1) is 0 Å². The molecule has 0 amide bonds. The van der Waals surface area contributed by atoms with E-state index in [2.05, 4.69) is 35.9 Å². The Balaban J connectivity index is 2.09. The maximum absolute atomic E-state index is 3.46. The molecular weight excluding hydrogens is 174 g/mol. The fourth-order valence-corrected chi connectivity index (χ4v) is 1.85. The van der Waals surface area contributed by atoms with E-state index in [0.29, 0.717) is 6.04 Å². The van der Waals surface area contributed by atoms with Crippen LogP contribution in [-0.2, 0) is 0 Å². The molecule has 0 aromatic heterocycles. The van der Waals surface area contributed by atoms with Crippen LogP contribution in [0, 0.1) is 0 Å². The van der Waals surface area contributed by atoms with Crippen molar-refractivity contribution in [3.63, 3.8) is 0 Å². The van der Waals surface area contributed by atoms with Crippen molar-refractivity contribution in [1.82, 2.24) is 15.1 Å². The number of nitrogens with one attached hydrogen (secondary N) is 1. The van der Waals surface area contributed by atoms with Crippen LogP contribution in [0.1, 0.15) is 27.2 Å². The second kappa shape index (κ2) is 6.38. The molecule has 0 spiro atoms. The highest BCUT2D eigenvalue weighted by Crippen LogP contribution is 2.04. The topological polar surface area (TPSA) is 18.5 Å². The molecule has 1 aliphatic heterocycles. The van der Waals surface area contributed by atoms with Gasteiger partial charge in [-0.1, -0.05) is 6.92 Å². The van der Waals surface area contributed by atoms with Gasteiger partial charge in [0.2, 0.25) is 0 Å². The van der Waals surface area contributed by atoms with E-state index in [0.717, 1.165) is 13.2 Å². The summed E-state index contributed by atoms with van der Waals surface area (Å²) in [6.45, 7) is 13.9. The molecule has 1 heterocycles. The van der Waals surface area contributed by atoms with Gasteiger partial charge in [-0.05, 0) is 26.8 Å². The van der Waals surface area contributed by atoms with E-state index in [1.165, 1.54) is 32.6 Å². The second-order valence-electron chi connectivity index (χ2n) is 4.41. The van der Waals surface area contributed by atoms with E-state index in [1.54, 1.807) is 0 Å². The summed E-state index contributed by atoms with van der Waals surface area (Å²) >= 11 is 0. The first-order valence-electron chi connectivity index (χ1n) is 5.91. The number of piperazine rings is 1. The van der Waals surface area contributed by atoms with Gasteiger partial charge in [-0.25, -0.2) is 0 Å². The lowest BCUT2D eigenvalue weighted by molar-refractivity contribution is 0.103. The summed E-state index contributed by atoms with van der Waals surface area (Å²) < 4.78 is 0. The standard InChI is InChI=1S/C11H25N3/c1-4-5-12-10-13-6-8-14(9-7-13)11(2)3/h11-12H,4-10H2,1-3H3. The van der Waals surface area contributed by atoms with Crippen molar-refractivity contribution in [3.05, 3.63) is 0 Å². The Kier molecular flexibility index (Phi) is 5.45. The largest absolute Gasteiger partial charge is 0.304 e. The van der Waals surface area contributed by atoms with Crippen LogP contribution in [0.4, 0.5) is 0 Å². The van der Waals surface area contributed by atoms with Crippen LogP contribution < -0.4 is 5.32 Å². The predicted octanol–water partition coefficient (Wildman–Crippen LogP) is 0.969. The summed E-state index contributed by atoms with van der Waals surface area (Å²) in [6.07, 6.45) is 1.23. The first kappa shape index (κ1) is 12.0. The fraction of sp³-hybridized carbons (Fsp3) is 1.00. The zero-order chi connectivity index (χ0) is 10.4. The van der Waals surface area contributed by atoms with E-state index in [-0.39, 0.29) is 0 Å². The van der Waals surface area contributed by atoms with Crippen molar-refractivity contribution in [2.45, 2.75) is 33.2 Å². The molecule has 0 radical (unpaired) electrons. The third-order valence-corrected chi connectivity index (χ3v) is 2.90.